The van der Waals surface area contributed by atoms with Crippen LogP contribution in [0.2, 0.25) is 0 Å². The molecule has 0 radical (unpaired) electrons. The Labute approximate surface area is 214 Å². The fourth-order valence-electron chi connectivity index (χ4n) is 6.05. The molecule has 2 bridgehead atoms. The molecule has 1 saturated carbocycles. The van der Waals surface area contributed by atoms with Crippen molar-refractivity contribution in [2.75, 3.05) is 18.4 Å². The molecular formula is C30H37N5O. The zero-order valence-electron chi connectivity index (χ0n) is 21.3. The Kier molecular flexibility index (Phi) is 6.53. The first kappa shape index (κ1) is 23.3. The van der Waals surface area contributed by atoms with Crippen molar-refractivity contribution in [2.24, 2.45) is 0 Å². The van der Waals surface area contributed by atoms with Crippen LogP contribution in [0.1, 0.15) is 72.3 Å². The molecule has 36 heavy (non-hydrogen) atoms. The number of hydrogen-bond donors (Lipinski definition) is 1. The monoisotopic (exact) mass is 483 g/mol. The van der Waals surface area contributed by atoms with Crippen molar-refractivity contribution in [1.82, 2.24) is 19.6 Å². The van der Waals surface area contributed by atoms with E-state index >= 15 is 0 Å². The standard InChI is InChI=1S/C30H37N5O/c1-2-35-29(18-28(32-35)23-12-13-23)30(36)33-20-24-10-6-7-11-27(24)31-17-16-25-14-15-26(21-33)34(25)19-22-8-4-3-5-9-22/h3-11,18,23,25-26,31H,2,12-17,19-21H2,1H3/t25-,26+/m0/s1. The van der Waals surface area contributed by atoms with Crippen LogP contribution in [-0.4, -0.2) is 50.7 Å². The Morgan fingerprint density at radius 2 is 1.75 bits per heavy atom. The molecule has 2 aromatic carbocycles. The van der Waals surface area contributed by atoms with E-state index in [0.717, 1.165) is 49.6 Å². The summed E-state index contributed by atoms with van der Waals surface area (Å²) in [5.74, 6) is 0.641. The van der Waals surface area contributed by atoms with E-state index in [0.29, 0.717) is 31.1 Å². The topological polar surface area (TPSA) is 53.4 Å². The van der Waals surface area contributed by atoms with Crippen LogP contribution in [0.25, 0.3) is 0 Å². The molecule has 6 heteroatoms. The SMILES string of the molecule is CCn1nc(C2CC2)cc1C(=O)N1Cc2ccccc2NCC[C@@H]2CC[C@H](C1)N2Cc1ccccc1. The van der Waals surface area contributed by atoms with Crippen LogP contribution in [0.5, 0.6) is 0 Å². The number of aryl methyl sites for hydroxylation is 1. The summed E-state index contributed by atoms with van der Waals surface area (Å²) in [5, 5.41) is 8.50. The quantitative estimate of drug-likeness (QED) is 0.537. The molecule has 3 aromatic rings. The summed E-state index contributed by atoms with van der Waals surface area (Å²) in [6, 6.07) is 22.2. The highest BCUT2D eigenvalue weighted by Gasteiger charge is 2.37. The Morgan fingerprint density at radius 1 is 0.972 bits per heavy atom. The van der Waals surface area contributed by atoms with Crippen LogP contribution in [-0.2, 0) is 19.6 Å². The van der Waals surface area contributed by atoms with Gasteiger partial charge in [0.15, 0.2) is 0 Å². The molecule has 188 valence electrons. The third-order valence-corrected chi connectivity index (χ3v) is 8.18. The van der Waals surface area contributed by atoms with E-state index in [1.54, 1.807) is 0 Å². The highest BCUT2D eigenvalue weighted by Crippen LogP contribution is 2.39. The summed E-state index contributed by atoms with van der Waals surface area (Å²) in [6.45, 7) is 6.02. The molecule has 0 unspecified atom stereocenters. The van der Waals surface area contributed by atoms with Gasteiger partial charge in [0, 0.05) is 56.4 Å². The summed E-state index contributed by atoms with van der Waals surface area (Å²) < 4.78 is 1.92. The second-order valence-corrected chi connectivity index (χ2v) is 10.6. The number of amides is 1. The van der Waals surface area contributed by atoms with Crippen molar-refractivity contribution in [3.05, 3.63) is 83.2 Å². The zero-order chi connectivity index (χ0) is 24.5. The van der Waals surface area contributed by atoms with E-state index < -0.39 is 0 Å². The van der Waals surface area contributed by atoms with Crippen LogP contribution >= 0.6 is 0 Å². The third-order valence-electron chi connectivity index (χ3n) is 8.18. The molecule has 1 aliphatic carbocycles. The van der Waals surface area contributed by atoms with Crippen molar-refractivity contribution in [3.8, 4) is 0 Å². The third kappa shape index (κ3) is 4.79. The lowest BCUT2D eigenvalue weighted by Gasteiger charge is -2.34. The Balaban J connectivity index is 1.34. The van der Waals surface area contributed by atoms with Gasteiger partial charge in [0.2, 0.25) is 0 Å². The van der Waals surface area contributed by atoms with Gasteiger partial charge in [-0.25, -0.2) is 0 Å². The number of para-hydroxylation sites is 1. The molecule has 3 heterocycles. The van der Waals surface area contributed by atoms with Crippen molar-refractivity contribution >= 4 is 11.6 Å². The highest BCUT2D eigenvalue weighted by atomic mass is 16.2. The summed E-state index contributed by atoms with van der Waals surface area (Å²) in [7, 11) is 0. The van der Waals surface area contributed by atoms with Crippen LogP contribution in [0.15, 0.2) is 60.7 Å². The minimum atomic E-state index is 0.105. The lowest BCUT2D eigenvalue weighted by molar-refractivity contribution is 0.0651. The van der Waals surface area contributed by atoms with Gasteiger partial charge in [-0.05, 0) is 62.3 Å². The largest absolute Gasteiger partial charge is 0.385 e. The maximum atomic E-state index is 14.2. The van der Waals surface area contributed by atoms with Gasteiger partial charge < -0.3 is 10.2 Å². The first-order valence-corrected chi connectivity index (χ1v) is 13.7. The Bertz CT molecular complexity index is 1200. The van der Waals surface area contributed by atoms with Gasteiger partial charge >= 0.3 is 0 Å². The summed E-state index contributed by atoms with van der Waals surface area (Å²) in [4.78, 5) is 18.9. The molecule has 1 amide bonds. The van der Waals surface area contributed by atoms with Gasteiger partial charge in [-0.3, -0.25) is 14.4 Å². The van der Waals surface area contributed by atoms with Gasteiger partial charge in [0.05, 0.1) is 5.69 Å². The van der Waals surface area contributed by atoms with Crippen LogP contribution < -0.4 is 5.32 Å². The molecule has 0 spiro atoms. The van der Waals surface area contributed by atoms with Gasteiger partial charge in [-0.1, -0.05) is 48.5 Å². The van der Waals surface area contributed by atoms with E-state index in [4.69, 9.17) is 5.10 Å². The molecule has 2 fully saturated rings. The normalized spacial score (nSPS) is 22.5. The van der Waals surface area contributed by atoms with Gasteiger partial charge in [0.25, 0.3) is 5.91 Å². The predicted molar refractivity (Wildman–Crippen MR) is 143 cm³/mol. The summed E-state index contributed by atoms with van der Waals surface area (Å²) in [6.07, 6.45) is 5.80. The van der Waals surface area contributed by atoms with E-state index in [1.807, 2.05) is 4.68 Å². The van der Waals surface area contributed by atoms with E-state index in [-0.39, 0.29) is 5.91 Å². The van der Waals surface area contributed by atoms with Crippen LogP contribution in [0.4, 0.5) is 5.69 Å². The number of anilines is 1. The summed E-state index contributed by atoms with van der Waals surface area (Å²) >= 11 is 0. The first-order valence-electron chi connectivity index (χ1n) is 13.7. The maximum Gasteiger partial charge on any atom is 0.272 e. The van der Waals surface area contributed by atoms with E-state index in [1.165, 1.54) is 30.4 Å². The number of nitrogens with zero attached hydrogens (tertiary/aromatic N) is 4. The summed E-state index contributed by atoms with van der Waals surface area (Å²) in [5.41, 5.74) is 5.50. The van der Waals surface area contributed by atoms with Gasteiger partial charge in [0.1, 0.15) is 5.69 Å². The number of aromatic nitrogens is 2. The van der Waals surface area contributed by atoms with E-state index in [9.17, 15) is 4.79 Å². The lowest BCUT2D eigenvalue weighted by Crippen LogP contribution is -2.45. The van der Waals surface area contributed by atoms with Crippen molar-refractivity contribution in [1.29, 1.82) is 0 Å². The Hall–Kier alpha value is -3.12. The average molecular weight is 484 g/mol. The number of nitrogens with one attached hydrogen (secondary N) is 1. The fourth-order valence-corrected chi connectivity index (χ4v) is 6.05. The van der Waals surface area contributed by atoms with Crippen LogP contribution in [0.3, 0.4) is 0 Å². The van der Waals surface area contributed by atoms with Crippen molar-refractivity contribution in [3.63, 3.8) is 0 Å². The molecule has 1 saturated heterocycles. The second-order valence-electron chi connectivity index (χ2n) is 10.6. The van der Waals surface area contributed by atoms with Gasteiger partial charge in [-0.2, -0.15) is 5.10 Å². The molecule has 3 aliphatic rings. The maximum absolute atomic E-state index is 14.2. The number of benzene rings is 2. The fraction of sp³-hybridized carbons (Fsp3) is 0.467. The smallest absolute Gasteiger partial charge is 0.272 e. The minimum Gasteiger partial charge on any atom is -0.385 e. The molecule has 1 N–H and O–H groups in total. The Morgan fingerprint density at radius 3 is 2.56 bits per heavy atom. The number of hydrogen-bond acceptors (Lipinski definition) is 4. The van der Waals surface area contributed by atoms with E-state index in [2.05, 4.69) is 82.7 Å². The predicted octanol–water partition coefficient (Wildman–Crippen LogP) is 5.27. The number of carbonyl (C=O) groups excluding carboxylic acids is 1. The van der Waals surface area contributed by atoms with Crippen molar-refractivity contribution in [2.45, 2.75) is 76.7 Å². The van der Waals surface area contributed by atoms with Gasteiger partial charge in [-0.15, -0.1) is 0 Å². The molecule has 1 aromatic heterocycles. The van der Waals surface area contributed by atoms with Crippen LogP contribution in [0, 0.1) is 0 Å². The number of fused-ring (bicyclic) bond motifs is 3. The number of rotatable bonds is 5. The zero-order valence-corrected chi connectivity index (χ0v) is 21.3. The van der Waals surface area contributed by atoms with Crippen molar-refractivity contribution < 1.29 is 4.79 Å². The molecule has 6 nitrogen and oxygen atoms in total. The molecule has 2 atom stereocenters. The number of carbonyl (C=O) groups is 1. The molecular weight excluding hydrogens is 446 g/mol. The average Bonchev–Trinajstić information content (AvgIpc) is 3.57. The lowest BCUT2D eigenvalue weighted by atomic mass is 10.1. The minimum absolute atomic E-state index is 0.105. The second kappa shape index (κ2) is 10.1. The molecule has 6 rings (SSSR count). The molecule has 2 aliphatic heterocycles. The highest BCUT2D eigenvalue weighted by molar-refractivity contribution is 5.93. The first-order chi connectivity index (χ1) is 17.7.